The molecule has 0 amide bonds. The Kier molecular flexibility index (Phi) is 9.68. The highest BCUT2D eigenvalue weighted by molar-refractivity contribution is 5.92. The Morgan fingerprint density at radius 1 is 1.06 bits per heavy atom. The minimum absolute atomic E-state index is 0.0421. The van der Waals surface area contributed by atoms with Crippen molar-refractivity contribution in [2.45, 2.75) is 38.2 Å². The van der Waals surface area contributed by atoms with E-state index in [2.05, 4.69) is 11.3 Å². The second-order valence-electron chi connectivity index (χ2n) is 8.21. The molecule has 0 radical (unpaired) electrons. The Morgan fingerprint density at radius 3 is 2.50 bits per heavy atom. The van der Waals surface area contributed by atoms with E-state index in [4.69, 9.17) is 18.9 Å². The zero-order valence-electron chi connectivity index (χ0n) is 20.5. The number of carbonyl (C=O) groups is 3. The highest BCUT2D eigenvalue weighted by atomic mass is 16.6. The number of hydrogen-bond donors (Lipinski definition) is 0. The zero-order valence-corrected chi connectivity index (χ0v) is 20.5. The van der Waals surface area contributed by atoms with Crippen LogP contribution in [-0.2, 0) is 19.1 Å². The minimum atomic E-state index is -0.534. The van der Waals surface area contributed by atoms with Crippen LogP contribution in [0.25, 0.3) is 6.08 Å². The Balaban J connectivity index is 1.43. The molecule has 8 heteroatoms. The van der Waals surface area contributed by atoms with Crippen molar-refractivity contribution in [3.8, 4) is 17.2 Å². The van der Waals surface area contributed by atoms with Crippen LogP contribution in [0.1, 0.15) is 48.0 Å². The molecule has 36 heavy (non-hydrogen) atoms. The maximum absolute atomic E-state index is 12.6. The fourth-order valence-electron chi connectivity index (χ4n) is 3.59. The van der Waals surface area contributed by atoms with Crippen molar-refractivity contribution in [3.05, 3.63) is 71.8 Å². The number of benzene rings is 2. The second kappa shape index (κ2) is 13.1. The van der Waals surface area contributed by atoms with Gasteiger partial charge in [0.05, 0.1) is 26.4 Å². The van der Waals surface area contributed by atoms with Crippen LogP contribution in [-0.4, -0.2) is 44.8 Å². The van der Waals surface area contributed by atoms with Gasteiger partial charge in [-0.25, -0.2) is 14.4 Å². The van der Waals surface area contributed by atoms with Gasteiger partial charge in [-0.3, -0.25) is 0 Å². The van der Waals surface area contributed by atoms with Crippen LogP contribution in [0, 0.1) is 0 Å². The molecule has 1 fully saturated rings. The summed E-state index contributed by atoms with van der Waals surface area (Å²) in [7, 11) is 2.76. The fraction of sp³-hybridized carbons (Fsp3) is 0.321. The minimum Gasteiger partial charge on any atom is -0.494 e. The van der Waals surface area contributed by atoms with Gasteiger partial charge in [0.1, 0.15) is 11.9 Å². The van der Waals surface area contributed by atoms with Gasteiger partial charge >= 0.3 is 17.9 Å². The third-order valence-electron chi connectivity index (χ3n) is 5.57. The van der Waals surface area contributed by atoms with Crippen LogP contribution in [0.15, 0.2) is 60.7 Å². The van der Waals surface area contributed by atoms with E-state index in [0.717, 1.165) is 25.7 Å². The fourth-order valence-corrected chi connectivity index (χ4v) is 3.59. The molecular weight excluding hydrogens is 464 g/mol. The molecule has 0 aromatic heterocycles. The smallest absolute Gasteiger partial charge is 0.343 e. The number of hydrogen-bond acceptors (Lipinski definition) is 8. The Bertz CT molecular complexity index is 1100. The van der Waals surface area contributed by atoms with Gasteiger partial charge in [-0.1, -0.05) is 12.6 Å². The first-order valence-corrected chi connectivity index (χ1v) is 11.7. The molecule has 1 unspecified atom stereocenters. The van der Waals surface area contributed by atoms with Gasteiger partial charge in [-0.05, 0) is 73.7 Å². The summed E-state index contributed by atoms with van der Waals surface area (Å²) in [6.07, 6.45) is 7.05. The van der Waals surface area contributed by atoms with Crippen LogP contribution >= 0.6 is 0 Å². The molecular formula is C28H30O8. The largest absolute Gasteiger partial charge is 0.494 e. The maximum atomic E-state index is 12.6. The molecule has 2 aromatic rings. The summed E-state index contributed by atoms with van der Waals surface area (Å²) in [5, 5.41) is 0. The molecule has 0 aliphatic carbocycles. The lowest BCUT2D eigenvalue weighted by atomic mass is 10.1. The first kappa shape index (κ1) is 26.5. The van der Waals surface area contributed by atoms with E-state index in [1.54, 1.807) is 48.5 Å². The van der Waals surface area contributed by atoms with Gasteiger partial charge in [0.2, 0.25) is 0 Å². The molecule has 8 nitrogen and oxygen atoms in total. The Labute approximate surface area is 210 Å². The van der Waals surface area contributed by atoms with Gasteiger partial charge in [-0.2, -0.15) is 0 Å². The molecule has 1 atom stereocenters. The molecule has 0 bridgehead atoms. The Morgan fingerprint density at radius 2 is 1.83 bits per heavy atom. The van der Waals surface area contributed by atoms with Gasteiger partial charge in [0.15, 0.2) is 11.5 Å². The van der Waals surface area contributed by atoms with Gasteiger partial charge < -0.3 is 23.7 Å². The van der Waals surface area contributed by atoms with E-state index in [-0.39, 0.29) is 17.8 Å². The second-order valence-corrected chi connectivity index (χ2v) is 8.21. The number of carbonyl (C=O) groups excluding carboxylic acids is 3. The summed E-state index contributed by atoms with van der Waals surface area (Å²) in [4.78, 5) is 35.2. The number of methoxy groups -OCH3 is 2. The van der Waals surface area contributed by atoms with Crippen molar-refractivity contribution < 1.29 is 38.1 Å². The van der Waals surface area contributed by atoms with Crippen molar-refractivity contribution in [3.63, 3.8) is 0 Å². The van der Waals surface area contributed by atoms with Crippen molar-refractivity contribution in [2.24, 2.45) is 0 Å². The first-order chi connectivity index (χ1) is 17.4. The maximum Gasteiger partial charge on any atom is 0.343 e. The summed E-state index contributed by atoms with van der Waals surface area (Å²) in [5.41, 5.74) is 1.61. The summed E-state index contributed by atoms with van der Waals surface area (Å²) in [6, 6.07) is 11.7. The van der Waals surface area contributed by atoms with Crippen LogP contribution in [0.5, 0.6) is 17.2 Å². The summed E-state index contributed by atoms with van der Waals surface area (Å²) < 4.78 is 26.3. The van der Waals surface area contributed by atoms with Crippen molar-refractivity contribution >= 4 is 24.0 Å². The number of cyclic esters (lactones) is 1. The predicted octanol–water partition coefficient (Wildman–Crippen LogP) is 4.91. The molecule has 0 N–H and O–H groups in total. The van der Waals surface area contributed by atoms with E-state index in [1.165, 1.54) is 20.3 Å². The average Bonchev–Trinajstić information content (AvgIpc) is 3.22. The topological polar surface area (TPSA) is 97.4 Å². The average molecular weight is 495 g/mol. The van der Waals surface area contributed by atoms with E-state index in [9.17, 15) is 14.4 Å². The first-order valence-electron chi connectivity index (χ1n) is 11.7. The number of rotatable bonds is 12. The predicted molar refractivity (Wildman–Crippen MR) is 133 cm³/mol. The van der Waals surface area contributed by atoms with Crippen molar-refractivity contribution in [1.29, 1.82) is 0 Å². The van der Waals surface area contributed by atoms with Gasteiger partial charge in [-0.15, -0.1) is 0 Å². The molecule has 1 saturated heterocycles. The Hall–Kier alpha value is -4.07. The zero-order chi connectivity index (χ0) is 25.9. The van der Waals surface area contributed by atoms with Crippen molar-refractivity contribution in [1.82, 2.24) is 0 Å². The van der Waals surface area contributed by atoms with Crippen molar-refractivity contribution in [2.75, 3.05) is 20.8 Å². The molecule has 3 rings (SSSR count). The van der Waals surface area contributed by atoms with E-state index < -0.39 is 11.9 Å². The molecule has 190 valence electrons. The summed E-state index contributed by atoms with van der Waals surface area (Å²) in [6.45, 7) is 4.25. The lowest BCUT2D eigenvalue weighted by Crippen LogP contribution is -2.09. The van der Waals surface area contributed by atoms with Gasteiger partial charge in [0, 0.05) is 18.1 Å². The molecule has 1 heterocycles. The molecule has 1 aliphatic rings. The lowest BCUT2D eigenvalue weighted by molar-refractivity contribution is -0.139. The standard InChI is InChI=1S/C28H30O8/c1-19-17-23(35-27(19)30)7-5-4-6-16-34-22-12-10-21(11-13-22)28(31)36-24-14-8-20(18-25(24)32-2)9-15-26(29)33-3/h8-15,18,23H,1,4-7,16-17H2,2-3H3/b15-9+. The number of esters is 3. The normalized spacial score (nSPS) is 15.0. The van der Waals surface area contributed by atoms with E-state index in [0.29, 0.717) is 41.2 Å². The molecule has 0 spiro atoms. The number of unbranched alkanes of at least 4 members (excludes halogenated alkanes) is 2. The van der Waals surface area contributed by atoms with Crippen LogP contribution < -0.4 is 14.2 Å². The molecule has 2 aromatic carbocycles. The third-order valence-corrected chi connectivity index (χ3v) is 5.57. The molecule has 1 aliphatic heterocycles. The highest BCUT2D eigenvalue weighted by Crippen LogP contribution is 2.29. The monoisotopic (exact) mass is 494 g/mol. The summed E-state index contributed by atoms with van der Waals surface area (Å²) >= 11 is 0. The molecule has 0 saturated carbocycles. The third kappa shape index (κ3) is 7.73. The highest BCUT2D eigenvalue weighted by Gasteiger charge is 2.26. The lowest BCUT2D eigenvalue weighted by Gasteiger charge is -2.11. The van der Waals surface area contributed by atoms with Crippen LogP contribution in [0.2, 0.25) is 0 Å². The quantitative estimate of drug-likeness (QED) is 0.178. The van der Waals surface area contributed by atoms with E-state index >= 15 is 0 Å². The van der Waals surface area contributed by atoms with E-state index in [1.807, 2.05) is 0 Å². The van der Waals surface area contributed by atoms with Gasteiger partial charge in [0.25, 0.3) is 0 Å². The van der Waals surface area contributed by atoms with Crippen LogP contribution in [0.4, 0.5) is 0 Å². The van der Waals surface area contributed by atoms with Crippen LogP contribution in [0.3, 0.4) is 0 Å². The SMILES string of the molecule is C=C1CC(CCCCCOc2ccc(C(=O)Oc3ccc(/C=C/C(=O)OC)cc3OC)cc2)OC1=O. The number of ether oxygens (including phenoxy) is 5. The summed E-state index contributed by atoms with van der Waals surface area (Å²) in [5.74, 6) is -0.0180.